The minimum atomic E-state index is -0.468. The van der Waals surface area contributed by atoms with Crippen molar-refractivity contribution in [3.63, 3.8) is 0 Å². The number of carbonyl (C=O) groups is 2. The van der Waals surface area contributed by atoms with Crippen LogP contribution in [0.4, 0.5) is 10.5 Å². The number of hydrogen-bond acceptors (Lipinski definition) is 3. The number of hydrogen-bond donors (Lipinski definition) is 2. The number of nitrogens with one attached hydrogen (secondary N) is 2. The van der Waals surface area contributed by atoms with Gasteiger partial charge in [0.15, 0.2) is 0 Å². The summed E-state index contributed by atoms with van der Waals surface area (Å²) in [4.78, 5) is 23.1. The summed E-state index contributed by atoms with van der Waals surface area (Å²) in [5.41, 5.74) is 1.72. The molecule has 0 unspecified atom stereocenters. The largest absolute Gasteiger partial charge is 0.465 e. The Balaban J connectivity index is 2.87. The molecule has 0 saturated carbocycles. The van der Waals surface area contributed by atoms with E-state index in [2.05, 4.69) is 15.4 Å². The fourth-order valence-corrected chi connectivity index (χ4v) is 1.45. The average molecular weight is 250 g/mol. The summed E-state index contributed by atoms with van der Waals surface area (Å²) in [5, 5.41) is 5.31. The van der Waals surface area contributed by atoms with Gasteiger partial charge in [-0.1, -0.05) is 18.6 Å². The normalized spacial score (nSPS) is 9.72. The Labute approximate surface area is 107 Å². The number of carbonyl (C=O) groups excluding carboxylic acids is 2. The van der Waals surface area contributed by atoms with Crippen LogP contribution in [0.5, 0.6) is 0 Å². The topological polar surface area (TPSA) is 67.4 Å². The van der Waals surface area contributed by atoms with E-state index in [9.17, 15) is 9.59 Å². The predicted molar refractivity (Wildman–Crippen MR) is 69.8 cm³/mol. The highest BCUT2D eigenvalue weighted by atomic mass is 16.5. The Kier molecular flexibility index (Phi) is 5.17. The molecule has 0 spiro atoms. The van der Waals surface area contributed by atoms with Crippen molar-refractivity contribution < 1.29 is 14.3 Å². The first-order chi connectivity index (χ1) is 8.58. The number of ether oxygens (including phenoxy) is 1. The van der Waals surface area contributed by atoms with Crippen LogP contribution in [-0.2, 0) is 4.74 Å². The first-order valence-electron chi connectivity index (χ1n) is 5.82. The first kappa shape index (κ1) is 14.0. The van der Waals surface area contributed by atoms with Gasteiger partial charge in [-0.25, -0.2) is 9.59 Å². The third-order valence-corrected chi connectivity index (χ3v) is 2.36. The van der Waals surface area contributed by atoms with E-state index in [1.165, 1.54) is 7.11 Å². The molecule has 18 heavy (non-hydrogen) atoms. The predicted octanol–water partition coefficient (Wildman–Crippen LogP) is 2.31. The molecule has 5 nitrogen and oxygen atoms in total. The second-order valence-electron chi connectivity index (χ2n) is 3.92. The summed E-state index contributed by atoms with van der Waals surface area (Å²) in [6.45, 7) is 4.42. The molecule has 0 saturated heterocycles. The molecule has 0 aliphatic rings. The fourth-order valence-electron chi connectivity index (χ4n) is 1.45. The number of methoxy groups -OCH3 is 1. The van der Waals surface area contributed by atoms with Gasteiger partial charge in [-0.05, 0) is 25.5 Å². The lowest BCUT2D eigenvalue weighted by Crippen LogP contribution is -2.30. The van der Waals surface area contributed by atoms with Gasteiger partial charge in [-0.15, -0.1) is 0 Å². The highest BCUT2D eigenvalue weighted by Crippen LogP contribution is 2.18. The van der Waals surface area contributed by atoms with Crippen molar-refractivity contribution in [3.8, 4) is 0 Å². The zero-order valence-corrected chi connectivity index (χ0v) is 10.9. The van der Waals surface area contributed by atoms with Crippen LogP contribution in [0.25, 0.3) is 0 Å². The van der Waals surface area contributed by atoms with Crippen molar-refractivity contribution in [1.82, 2.24) is 5.32 Å². The van der Waals surface area contributed by atoms with Gasteiger partial charge < -0.3 is 15.4 Å². The van der Waals surface area contributed by atoms with Gasteiger partial charge in [0.2, 0.25) is 0 Å². The van der Waals surface area contributed by atoms with Crippen LogP contribution in [0, 0.1) is 6.92 Å². The van der Waals surface area contributed by atoms with Crippen LogP contribution in [0.15, 0.2) is 18.2 Å². The molecule has 5 heteroatoms. The smallest absolute Gasteiger partial charge is 0.339 e. The number of aryl methyl sites for hydroxylation is 1. The van der Waals surface area contributed by atoms with E-state index >= 15 is 0 Å². The molecule has 0 aliphatic carbocycles. The Morgan fingerprint density at radius 1 is 1.33 bits per heavy atom. The van der Waals surface area contributed by atoms with Crippen molar-refractivity contribution in [3.05, 3.63) is 29.3 Å². The number of benzene rings is 1. The third kappa shape index (κ3) is 3.76. The molecule has 1 rings (SSSR count). The number of urea groups is 1. The van der Waals surface area contributed by atoms with E-state index in [0.29, 0.717) is 17.8 Å². The number of esters is 1. The van der Waals surface area contributed by atoms with Crippen LogP contribution in [0.2, 0.25) is 0 Å². The summed E-state index contributed by atoms with van der Waals surface area (Å²) in [7, 11) is 1.31. The molecule has 0 atom stereocenters. The molecule has 0 heterocycles. The van der Waals surface area contributed by atoms with E-state index < -0.39 is 5.97 Å². The maximum absolute atomic E-state index is 11.6. The second kappa shape index (κ2) is 6.64. The minimum absolute atomic E-state index is 0.328. The highest BCUT2D eigenvalue weighted by Gasteiger charge is 2.13. The van der Waals surface area contributed by atoms with Gasteiger partial charge in [0.1, 0.15) is 0 Å². The number of anilines is 1. The number of rotatable bonds is 4. The summed E-state index contributed by atoms with van der Waals surface area (Å²) in [6.07, 6.45) is 0.852. The second-order valence-corrected chi connectivity index (χ2v) is 3.92. The lowest BCUT2D eigenvalue weighted by atomic mass is 10.1. The van der Waals surface area contributed by atoms with Crippen LogP contribution in [-0.4, -0.2) is 25.7 Å². The molecule has 0 radical (unpaired) electrons. The van der Waals surface area contributed by atoms with Crippen molar-refractivity contribution in [2.75, 3.05) is 19.0 Å². The van der Waals surface area contributed by atoms with E-state index in [1.54, 1.807) is 12.1 Å². The highest BCUT2D eigenvalue weighted by molar-refractivity contribution is 6.00. The van der Waals surface area contributed by atoms with Crippen LogP contribution in [0.3, 0.4) is 0 Å². The Bertz CT molecular complexity index is 444. The van der Waals surface area contributed by atoms with Crippen LogP contribution < -0.4 is 10.6 Å². The van der Waals surface area contributed by atoms with Gasteiger partial charge in [0, 0.05) is 6.54 Å². The molecule has 98 valence electrons. The van der Waals surface area contributed by atoms with E-state index in [4.69, 9.17) is 0 Å². The van der Waals surface area contributed by atoms with Gasteiger partial charge in [-0.3, -0.25) is 0 Å². The molecule has 0 aromatic heterocycles. The molecular weight excluding hydrogens is 232 g/mol. The number of amides is 2. The molecular formula is C13H18N2O3. The van der Waals surface area contributed by atoms with Crippen LogP contribution >= 0.6 is 0 Å². The summed E-state index contributed by atoms with van der Waals surface area (Å²) in [5.74, 6) is -0.468. The standard InChI is InChI=1S/C13H18N2O3/c1-4-7-14-13(17)15-11-6-5-9(2)8-10(11)12(16)18-3/h5-6,8H,4,7H2,1-3H3,(H2,14,15,17). The van der Waals surface area contributed by atoms with Gasteiger partial charge in [-0.2, -0.15) is 0 Å². The van der Waals surface area contributed by atoms with E-state index in [1.807, 2.05) is 19.9 Å². The molecule has 2 amide bonds. The Morgan fingerprint density at radius 3 is 2.67 bits per heavy atom. The lowest BCUT2D eigenvalue weighted by Gasteiger charge is -2.11. The summed E-state index contributed by atoms with van der Waals surface area (Å²) >= 11 is 0. The molecule has 0 bridgehead atoms. The summed E-state index contributed by atoms with van der Waals surface area (Å²) in [6, 6.07) is 4.86. The van der Waals surface area contributed by atoms with Crippen molar-refractivity contribution in [2.45, 2.75) is 20.3 Å². The fraction of sp³-hybridized carbons (Fsp3) is 0.385. The van der Waals surface area contributed by atoms with Crippen molar-refractivity contribution in [2.24, 2.45) is 0 Å². The zero-order chi connectivity index (χ0) is 13.5. The van der Waals surface area contributed by atoms with E-state index in [0.717, 1.165) is 12.0 Å². The molecule has 2 N–H and O–H groups in total. The monoisotopic (exact) mass is 250 g/mol. The molecule has 1 aromatic carbocycles. The minimum Gasteiger partial charge on any atom is -0.465 e. The van der Waals surface area contributed by atoms with Crippen molar-refractivity contribution in [1.29, 1.82) is 0 Å². The Morgan fingerprint density at radius 2 is 2.06 bits per heavy atom. The van der Waals surface area contributed by atoms with Gasteiger partial charge in [0.25, 0.3) is 0 Å². The maximum atomic E-state index is 11.6. The quantitative estimate of drug-likeness (QED) is 0.806. The molecule has 1 aromatic rings. The average Bonchev–Trinajstić information content (AvgIpc) is 2.37. The third-order valence-electron chi connectivity index (χ3n) is 2.36. The van der Waals surface area contributed by atoms with E-state index in [-0.39, 0.29) is 6.03 Å². The molecule has 0 aliphatic heterocycles. The summed E-state index contributed by atoms with van der Waals surface area (Å²) < 4.78 is 4.68. The first-order valence-corrected chi connectivity index (χ1v) is 5.82. The SMILES string of the molecule is CCCNC(=O)Nc1ccc(C)cc1C(=O)OC. The maximum Gasteiger partial charge on any atom is 0.339 e. The molecule has 0 fully saturated rings. The Hall–Kier alpha value is -2.04. The van der Waals surface area contributed by atoms with Crippen molar-refractivity contribution >= 4 is 17.7 Å². The van der Waals surface area contributed by atoms with Crippen LogP contribution in [0.1, 0.15) is 29.3 Å². The zero-order valence-electron chi connectivity index (χ0n) is 10.9. The van der Waals surface area contributed by atoms with Gasteiger partial charge in [0.05, 0.1) is 18.4 Å². The lowest BCUT2D eigenvalue weighted by molar-refractivity contribution is 0.0602. The van der Waals surface area contributed by atoms with Gasteiger partial charge >= 0.3 is 12.0 Å².